The first kappa shape index (κ1) is 28.9. The lowest BCUT2D eigenvalue weighted by atomic mass is 10.1. The molecule has 0 aliphatic carbocycles. The van der Waals surface area contributed by atoms with E-state index in [1.807, 2.05) is 0 Å². The Morgan fingerprint density at radius 3 is 2.03 bits per heavy atom. The second kappa shape index (κ2) is 12.6. The number of alkyl halides is 3. The normalized spacial score (nSPS) is 11.1. The Balaban J connectivity index is 0.000000204. The highest BCUT2D eigenvalue weighted by Crippen LogP contribution is 2.27. The number of imidazole rings is 1. The fourth-order valence-corrected chi connectivity index (χ4v) is 4.71. The SMILES string of the molecule is CCc1c(CC)[n+](C)c(CC)n1CC.CCc1cccc2c1[nH]c1ccccc12.O=C([O-])C(F)(F)F. The van der Waals surface area contributed by atoms with Crippen molar-refractivity contribution >= 4 is 27.8 Å². The van der Waals surface area contributed by atoms with Gasteiger partial charge in [-0.15, -0.1) is 0 Å². The number of carbonyl (C=O) groups excluding carboxylic acids is 1. The molecule has 2 heterocycles. The predicted octanol–water partition coefficient (Wildman–Crippen LogP) is 5.20. The Morgan fingerprint density at radius 1 is 0.917 bits per heavy atom. The number of para-hydroxylation sites is 2. The minimum Gasteiger partial charge on any atom is -0.542 e. The van der Waals surface area contributed by atoms with Crippen molar-refractivity contribution in [2.75, 3.05) is 0 Å². The molecule has 0 saturated heterocycles. The molecule has 0 unspecified atom stereocenters. The maximum atomic E-state index is 10.5. The van der Waals surface area contributed by atoms with Gasteiger partial charge >= 0.3 is 6.18 Å². The van der Waals surface area contributed by atoms with Crippen LogP contribution in [0.1, 0.15) is 57.4 Å². The Labute approximate surface area is 210 Å². The van der Waals surface area contributed by atoms with Gasteiger partial charge in [0.1, 0.15) is 17.4 Å². The van der Waals surface area contributed by atoms with Gasteiger partial charge in [-0.25, -0.2) is 9.13 Å². The molecule has 0 aliphatic rings. The molecule has 0 atom stereocenters. The number of hydrogen-bond donors (Lipinski definition) is 1. The minimum atomic E-state index is -5.19. The van der Waals surface area contributed by atoms with E-state index in [4.69, 9.17) is 9.90 Å². The summed E-state index contributed by atoms with van der Waals surface area (Å²) in [7, 11) is 2.20. The molecule has 4 aromatic rings. The quantitative estimate of drug-likeness (QED) is 0.381. The first-order valence-electron chi connectivity index (χ1n) is 12.4. The van der Waals surface area contributed by atoms with Gasteiger partial charge in [0.2, 0.25) is 0 Å². The van der Waals surface area contributed by atoms with E-state index in [0.29, 0.717) is 0 Å². The van der Waals surface area contributed by atoms with Gasteiger partial charge in [-0.05, 0) is 25.0 Å². The number of benzene rings is 2. The number of rotatable bonds is 5. The minimum absolute atomic E-state index is 1.07. The van der Waals surface area contributed by atoms with Crippen molar-refractivity contribution in [3.63, 3.8) is 0 Å². The van der Waals surface area contributed by atoms with Crippen LogP contribution in [0.5, 0.6) is 0 Å². The van der Waals surface area contributed by atoms with Crippen LogP contribution in [0.15, 0.2) is 42.5 Å². The second-order valence-corrected chi connectivity index (χ2v) is 8.32. The molecule has 8 heteroatoms. The van der Waals surface area contributed by atoms with E-state index in [-0.39, 0.29) is 0 Å². The first-order chi connectivity index (χ1) is 17.0. The molecule has 0 radical (unpaired) electrons. The van der Waals surface area contributed by atoms with Crippen LogP contribution in [0.25, 0.3) is 21.8 Å². The largest absolute Gasteiger partial charge is 0.542 e. The third-order valence-corrected chi connectivity index (χ3v) is 6.30. The van der Waals surface area contributed by atoms with Crippen LogP contribution in [-0.4, -0.2) is 21.7 Å². The van der Waals surface area contributed by atoms with Crippen molar-refractivity contribution in [3.05, 3.63) is 65.2 Å². The summed E-state index contributed by atoms with van der Waals surface area (Å²) in [5.41, 5.74) is 6.94. The Morgan fingerprint density at radius 2 is 1.53 bits per heavy atom. The van der Waals surface area contributed by atoms with Crippen molar-refractivity contribution in [1.82, 2.24) is 9.55 Å². The van der Waals surface area contributed by atoms with Gasteiger partial charge in [-0.2, -0.15) is 13.2 Å². The van der Waals surface area contributed by atoms with Crippen LogP contribution in [0.3, 0.4) is 0 Å². The summed E-state index contributed by atoms with van der Waals surface area (Å²) in [4.78, 5) is 12.3. The molecule has 0 bridgehead atoms. The fourth-order valence-electron chi connectivity index (χ4n) is 4.71. The average Bonchev–Trinajstić information content (AvgIpc) is 3.37. The lowest BCUT2D eigenvalue weighted by molar-refractivity contribution is -0.686. The number of aryl methyl sites for hydroxylation is 1. The van der Waals surface area contributed by atoms with Crippen LogP contribution in [-0.2, 0) is 44.1 Å². The number of carbonyl (C=O) groups is 1. The number of fused-ring (bicyclic) bond motifs is 3. The van der Waals surface area contributed by atoms with Gasteiger partial charge in [-0.3, -0.25) is 0 Å². The average molecular weight is 504 g/mol. The van der Waals surface area contributed by atoms with E-state index in [0.717, 1.165) is 32.2 Å². The molecule has 1 N–H and O–H groups in total. The van der Waals surface area contributed by atoms with E-state index in [1.54, 1.807) is 0 Å². The number of aliphatic carboxylic acids is 1. The summed E-state index contributed by atoms with van der Waals surface area (Å²) in [6.45, 7) is 12.3. The maximum absolute atomic E-state index is 10.5. The van der Waals surface area contributed by atoms with E-state index in [2.05, 4.69) is 98.2 Å². The molecule has 0 spiro atoms. The number of H-pyrrole nitrogens is 1. The molecule has 196 valence electrons. The van der Waals surface area contributed by atoms with Crippen LogP contribution in [0.2, 0.25) is 0 Å². The summed E-state index contributed by atoms with van der Waals surface area (Å²) < 4.78 is 36.4. The molecular formula is C28H36F3N3O2. The lowest BCUT2D eigenvalue weighted by Gasteiger charge is -2.03. The number of hydrogen-bond acceptors (Lipinski definition) is 2. The summed E-state index contributed by atoms with van der Waals surface area (Å²) in [5, 5.41) is 11.4. The second-order valence-electron chi connectivity index (χ2n) is 8.32. The topological polar surface area (TPSA) is 64.7 Å². The third-order valence-electron chi connectivity index (χ3n) is 6.30. The first-order valence-corrected chi connectivity index (χ1v) is 12.4. The summed E-state index contributed by atoms with van der Waals surface area (Å²) in [5.74, 6) is -1.55. The summed E-state index contributed by atoms with van der Waals surface area (Å²) in [6, 6.07) is 15.0. The highest BCUT2D eigenvalue weighted by atomic mass is 19.4. The van der Waals surface area contributed by atoms with Gasteiger partial charge in [0.15, 0.2) is 0 Å². The van der Waals surface area contributed by atoms with Gasteiger partial charge < -0.3 is 14.9 Å². The molecule has 36 heavy (non-hydrogen) atoms. The van der Waals surface area contributed by atoms with Gasteiger partial charge in [0.25, 0.3) is 5.82 Å². The standard InChI is InChI=1S/C14H13N.C12H23N2.C2HF3O2/c1-2-10-6-5-8-12-11-7-3-4-9-13(11)15-14(10)12;1-6-10-11(7-2)14(9-4)12(8-3)13(10)5;3-2(4,5)1(6)7/h3-9,15H,2H2,1H3;6-9H2,1-5H3;(H,6,7)/q;+1;/p-1. The summed E-state index contributed by atoms with van der Waals surface area (Å²) in [6.07, 6.45) is -0.716. The van der Waals surface area contributed by atoms with Crippen molar-refractivity contribution < 1.29 is 27.6 Å². The van der Waals surface area contributed by atoms with Crippen molar-refractivity contribution in [2.45, 2.75) is 73.0 Å². The molecule has 2 aromatic heterocycles. The van der Waals surface area contributed by atoms with Crippen LogP contribution >= 0.6 is 0 Å². The molecule has 0 amide bonds. The number of aromatic amines is 1. The molecule has 0 saturated carbocycles. The smallest absolute Gasteiger partial charge is 0.430 e. The Bertz CT molecular complexity index is 1270. The van der Waals surface area contributed by atoms with Crippen LogP contribution in [0, 0.1) is 0 Å². The van der Waals surface area contributed by atoms with Gasteiger partial charge in [-0.1, -0.05) is 64.1 Å². The van der Waals surface area contributed by atoms with Crippen molar-refractivity contribution in [2.24, 2.45) is 7.05 Å². The van der Waals surface area contributed by atoms with Gasteiger partial charge in [0, 0.05) is 41.1 Å². The highest BCUT2D eigenvalue weighted by molar-refractivity contribution is 6.08. The molecular weight excluding hydrogens is 467 g/mol. The number of carboxylic acids is 1. The molecule has 2 aromatic carbocycles. The number of aromatic nitrogens is 3. The Hall–Kier alpha value is -3.29. The third kappa shape index (κ3) is 6.28. The van der Waals surface area contributed by atoms with E-state index in [1.165, 1.54) is 44.6 Å². The van der Waals surface area contributed by atoms with E-state index >= 15 is 0 Å². The molecule has 0 fully saturated rings. The van der Waals surface area contributed by atoms with Crippen LogP contribution in [0.4, 0.5) is 13.2 Å². The Kier molecular flexibility index (Phi) is 10.1. The van der Waals surface area contributed by atoms with Crippen molar-refractivity contribution in [3.8, 4) is 0 Å². The lowest BCUT2D eigenvalue weighted by Crippen LogP contribution is -2.37. The zero-order valence-corrected chi connectivity index (χ0v) is 21.9. The number of nitrogens with zero attached hydrogens (tertiary/aromatic N) is 2. The number of nitrogens with one attached hydrogen (secondary N) is 1. The van der Waals surface area contributed by atoms with E-state index in [9.17, 15) is 13.2 Å². The molecule has 0 aliphatic heterocycles. The van der Waals surface area contributed by atoms with Crippen molar-refractivity contribution in [1.29, 1.82) is 0 Å². The number of halogens is 3. The van der Waals surface area contributed by atoms with Gasteiger partial charge in [0.05, 0.1) is 13.6 Å². The van der Waals surface area contributed by atoms with E-state index < -0.39 is 12.1 Å². The monoisotopic (exact) mass is 503 g/mol. The number of carboxylic acid groups (broad SMARTS) is 1. The fraction of sp³-hybridized carbons (Fsp3) is 0.429. The summed E-state index contributed by atoms with van der Waals surface area (Å²) >= 11 is 0. The molecule has 5 nitrogen and oxygen atoms in total. The zero-order valence-electron chi connectivity index (χ0n) is 21.9. The predicted molar refractivity (Wildman–Crippen MR) is 136 cm³/mol. The zero-order chi connectivity index (χ0) is 27.0. The molecule has 4 rings (SSSR count). The van der Waals surface area contributed by atoms with Crippen LogP contribution < -0.4 is 9.67 Å². The maximum Gasteiger partial charge on any atom is 0.430 e. The highest BCUT2D eigenvalue weighted by Gasteiger charge is 2.28.